The van der Waals surface area contributed by atoms with Crippen LogP contribution in [0.5, 0.6) is 0 Å². The molecule has 0 saturated heterocycles. The zero-order chi connectivity index (χ0) is 22.8. The maximum Gasteiger partial charge on any atom is 0.251 e. The van der Waals surface area contributed by atoms with Crippen molar-refractivity contribution < 1.29 is 14.3 Å². The predicted molar refractivity (Wildman–Crippen MR) is 125 cm³/mol. The number of aryl methyl sites for hydroxylation is 1. The largest absolute Gasteiger partial charge is 0.384 e. The molecule has 3 aromatic carbocycles. The number of nitrogens with zero attached hydrogens (tertiary/aromatic N) is 1. The molecule has 0 bridgehead atoms. The molecule has 1 unspecified atom stereocenters. The molecule has 0 saturated carbocycles. The Morgan fingerprint density at radius 2 is 1.88 bits per heavy atom. The Morgan fingerprint density at radius 3 is 2.62 bits per heavy atom. The Hall–Kier alpha value is -3.57. The highest BCUT2D eigenvalue weighted by atomic mass is 19.1. The monoisotopic (exact) mass is 428 g/mol. The van der Waals surface area contributed by atoms with Crippen molar-refractivity contribution in [2.24, 2.45) is 0 Å². The Labute approximate surface area is 186 Å². The summed E-state index contributed by atoms with van der Waals surface area (Å²) in [6.07, 6.45) is 2.42. The molecule has 4 aromatic rings. The summed E-state index contributed by atoms with van der Waals surface area (Å²) in [4.78, 5) is 17.0. The van der Waals surface area contributed by atoms with Crippen LogP contribution in [0.3, 0.4) is 0 Å². The SMILES string of the molecule is Cc1ccc(-c2cc(C(=O)NC(C)C)cc(C(O)c3cccc4cnccc34)c2)c(F)c1. The van der Waals surface area contributed by atoms with Gasteiger partial charge in [0.2, 0.25) is 0 Å². The maximum absolute atomic E-state index is 14.8. The zero-order valence-corrected chi connectivity index (χ0v) is 18.3. The molecule has 1 atom stereocenters. The molecular formula is C27H25FN2O2. The summed E-state index contributed by atoms with van der Waals surface area (Å²) in [6, 6.07) is 17.5. The molecule has 1 heterocycles. The van der Waals surface area contributed by atoms with E-state index in [1.54, 1.807) is 36.7 Å². The molecule has 0 radical (unpaired) electrons. The second kappa shape index (κ2) is 8.89. The van der Waals surface area contributed by atoms with Gasteiger partial charge in [0.25, 0.3) is 5.91 Å². The molecule has 0 fully saturated rings. The fraction of sp³-hybridized carbons (Fsp3) is 0.185. The smallest absolute Gasteiger partial charge is 0.251 e. The number of pyridine rings is 1. The lowest BCUT2D eigenvalue weighted by molar-refractivity contribution is 0.0943. The molecule has 4 nitrogen and oxygen atoms in total. The van der Waals surface area contributed by atoms with Gasteiger partial charge >= 0.3 is 0 Å². The third-order valence-electron chi connectivity index (χ3n) is 5.40. The standard InChI is InChI=1S/C27H25FN2O2/c1-16(2)30-27(32)21-13-19(23-8-7-17(3)11-25(23)28)12-20(14-21)26(31)24-6-4-5-18-15-29-10-9-22(18)24/h4-16,26,31H,1-3H3,(H,30,32). The normalized spacial score (nSPS) is 12.2. The van der Waals surface area contributed by atoms with E-state index in [2.05, 4.69) is 10.3 Å². The Kier molecular flexibility index (Phi) is 6.01. The number of carbonyl (C=O) groups is 1. The second-order valence-electron chi connectivity index (χ2n) is 8.30. The van der Waals surface area contributed by atoms with Crippen LogP contribution < -0.4 is 5.32 Å². The van der Waals surface area contributed by atoms with Crippen molar-refractivity contribution in [1.29, 1.82) is 0 Å². The fourth-order valence-corrected chi connectivity index (χ4v) is 3.86. The fourth-order valence-electron chi connectivity index (χ4n) is 3.86. The summed E-state index contributed by atoms with van der Waals surface area (Å²) in [7, 11) is 0. The van der Waals surface area contributed by atoms with Crippen LogP contribution in [0.4, 0.5) is 4.39 Å². The number of aliphatic hydroxyl groups is 1. The molecule has 0 aliphatic heterocycles. The van der Waals surface area contributed by atoms with Crippen LogP contribution >= 0.6 is 0 Å². The quantitative estimate of drug-likeness (QED) is 0.437. The number of amides is 1. The number of hydrogen-bond acceptors (Lipinski definition) is 3. The van der Waals surface area contributed by atoms with E-state index < -0.39 is 6.10 Å². The number of aromatic nitrogens is 1. The number of fused-ring (bicyclic) bond motifs is 1. The van der Waals surface area contributed by atoms with E-state index >= 15 is 0 Å². The van der Waals surface area contributed by atoms with Gasteiger partial charge in [0.1, 0.15) is 11.9 Å². The maximum atomic E-state index is 14.8. The minimum atomic E-state index is -1.000. The molecule has 0 aliphatic carbocycles. The highest BCUT2D eigenvalue weighted by Crippen LogP contribution is 2.33. The highest BCUT2D eigenvalue weighted by molar-refractivity contribution is 5.96. The van der Waals surface area contributed by atoms with E-state index in [1.165, 1.54) is 6.07 Å². The van der Waals surface area contributed by atoms with Crippen molar-refractivity contribution in [1.82, 2.24) is 10.3 Å². The lowest BCUT2D eigenvalue weighted by atomic mass is 9.92. The van der Waals surface area contributed by atoms with Crippen molar-refractivity contribution in [2.75, 3.05) is 0 Å². The van der Waals surface area contributed by atoms with E-state index in [-0.39, 0.29) is 17.8 Å². The van der Waals surface area contributed by atoms with Gasteiger partial charge in [-0.2, -0.15) is 0 Å². The molecule has 1 amide bonds. The predicted octanol–water partition coefficient (Wildman–Crippen LogP) is 5.57. The van der Waals surface area contributed by atoms with Crippen LogP contribution in [0, 0.1) is 12.7 Å². The summed E-state index contributed by atoms with van der Waals surface area (Å²) >= 11 is 0. The first-order chi connectivity index (χ1) is 15.3. The Bertz CT molecular complexity index is 1290. The molecule has 4 rings (SSSR count). The van der Waals surface area contributed by atoms with Gasteiger partial charge in [-0.05, 0) is 78.7 Å². The molecule has 162 valence electrons. The molecule has 5 heteroatoms. The van der Waals surface area contributed by atoms with Gasteiger partial charge in [-0.25, -0.2) is 4.39 Å². The zero-order valence-electron chi connectivity index (χ0n) is 18.3. The number of aliphatic hydroxyl groups excluding tert-OH is 1. The minimum absolute atomic E-state index is 0.0544. The van der Waals surface area contributed by atoms with Crippen molar-refractivity contribution in [3.8, 4) is 11.1 Å². The van der Waals surface area contributed by atoms with E-state index in [9.17, 15) is 14.3 Å². The third kappa shape index (κ3) is 4.39. The van der Waals surface area contributed by atoms with Crippen molar-refractivity contribution in [2.45, 2.75) is 32.9 Å². The van der Waals surface area contributed by atoms with Gasteiger partial charge in [-0.1, -0.05) is 30.3 Å². The molecule has 32 heavy (non-hydrogen) atoms. The number of halogens is 1. The molecule has 2 N–H and O–H groups in total. The van der Waals surface area contributed by atoms with Crippen LogP contribution in [-0.2, 0) is 0 Å². The average Bonchev–Trinajstić information content (AvgIpc) is 2.77. The molecule has 1 aromatic heterocycles. The summed E-state index contributed by atoms with van der Waals surface area (Å²) < 4.78 is 14.8. The lowest BCUT2D eigenvalue weighted by Crippen LogP contribution is -2.30. The van der Waals surface area contributed by atoms with E-state index in [0.29, 0.717) is 27.8 Å². The summed E-state index contributed by atoms with van der Waals surface area (Å²) in [5.41, 5.74) is 3.30. The number of nitrogens with one attached hydrogen (secondary N) is 1. The lowest BCUT2D eigenvalue weighted by Gasteiger charge is -2.18. The first-order valence-corrected chi connectivity index (χ1v) is 10.6. The summed E-state index contributed by atoms with van der Waals surface area (Å²) in [5.74, 6) is -0.645. The van der Waals surface area contributed by atoms with Gasteiger partial charge in [-0.3, -0.25) is 9.78 Å². The van der Waals surface area contributed by atoms with Gasteiger partial charge in [0, 0.05) is 34.9 Å². The topological polar surface area (TPSA) is 62.2 Å². The highest BCUT2D eigenvalue weighted by Gasteiger charge is 2.19. The van der Waals surface area contributed by atoms with E-state index in [0.717, 1.165) is 16.3 Å². The van der Waals surface area contributed by atoms with Crippen LogP contribution in [0.1, 0.15) is 47.0 Å². The summed E-state index contributed by atoms with van der Waals surface area (Å²) in [5, 5.41) is 16.0. The number of rotatable bonds is 5. The van der Waals surface area contributed by atoms with Crippen molar-refractivity contribution >= 4 is 16.7 Å². The van der Waals surface area contributed by atoms with E-state index in [1.807, 2.05) is 51.1 Å². The van der Waals surface area contributed by atoms with Gasteiger partial charge in [-0.15, -0.1) is 0 Å². The van der Waals surface area contributed by atoms with Crippen molar-refractivity contribution in [3.05, 3.63) is 101 Å². The van der Waals surface area contributed by atoms with Gasteiger partial charge in [0.05, 0.1) is 0 Å². The first kappa shape index (κ1) is 21.7. The first-order valence-electron chi connectivity index (χ1n) is 10.6. The molecular weight excluding hydrogens is 403 g/mol. The number of benzene rings is 3. The van der Waals surface area contributed by atoms with Crippen LogP contribution in [-0.4, -0.2) is 22.0 Å². The Balaban J connectivity index is 1.87. The summed E-state index contributed by atoms with van der Waals surface area (Å²) in [6.45, 7) is 5.58. The van der Waals surface area contributed by atoms with E-state index in [4.69, 9.17) is 0 Å². The number of hydrogen-bond donors (Lipinski definition) is 2. The van der Waals surface area contributed by atoms with Crippen LogP contribution in [0.15, 0.2) is 73.1 Å². The average molecular weight is 429 g/mol. The minimum Gasteiger partial charge on any atom is -0.384 e. The third-order valence-corrected chi connectivity index (χ3v) is 5.40. The number of carbonyl (C=O) groups excluding carboxylic acids is 1. The molecule has 0 aliphatic rings. The second-order valence-corrected chi connectivity index (χ2v) is 8.30. The van der Waals surface area contributed by atoms with Crippen molar-refractivity contribution in [3.63, 3.8) is 0 Å². The van der Waals surface area contributed by atoms with Crippen LogP contribution in [0.2, 0.25) is 0 Å². The van der Waals surface area contributed by atoms with Gasteiger partial charge in [0.15, 0.2) is 0 Å². The molecule has 0 spiro atoms. The Morgan fingerprint density at radius 1 is 1.06 bits per heavy atom. The van der Waals surface area contributed by atoms with Crippen LogP contribution in [0.25, 0.3) is 21.9 Å². The van der Waals surface area contributed by atoms with Gasteiger partial charge < -0.3 is 10.4 Å².